The maximum Gasteiger partial charge on any atom is 0.233 e. The Labute approximate surface area is 104 Å². The van der Waals surface area contributed by atoms with Crippen LogP contribution >= 0.6 is 0 Å². The minimum Gasteiger partial charge on any atom is -0.392 e. The van der Waals surface area contributed by atoms with Crippen molar-refractivity contribution in [2.45, 2.75) is 46.1 Å². The summed E-state index contributed by atoms with van der Waals surface area (Å²) in [5, 5.41) is 15.6. The standard InChI is InChI=1S/C13H26N2O2/c1-13(2,3)6-11(16)8-14-9-12(17)15-7-10-4-5-10/h10-11,14,16H,4-9H2,1-3H3,(H,15,17). The Bertz CT molecular complexity index is 244. The molecule has 0 aromatic carbocycles. The highest BCUT2D eigenvalue weighted by atomic mass is 16.3. The van der Waals surface area contributed by atoms with Gasteiger partial charge in [-0.25, -0.2) is 0 Å². The third-order valence-electron chi connectivity index (χ3n) is 2.80. The number of amides is 1. The van der Waals surface area contributed by atoms with E-state index in [4.69, 9.17) is 0 Å². The van der Waals surface area contributed by atoms with E-state index in [2.05, 4.69) is 31.4 Å². The lowest BCUT2D eigenvalue weighted by atomic mass is 9.89. The van der Waals surface area contributed by atoms with Crippen LogP contribution in [0.2, 0.25) is 0 Å². The van der Waals surface area contributed by atoms with E-state index >= 15 is 0 Å². The van der Waals surface area contributed by atoms with Crippen molar-refractivity contribution in [2.75, 3.05) is 19.6 Å². The minimum atomic E-state index is -0.383. The van der Waals surface area contributed by atoms with Crippen LogP contribution in [0.25, 0.3) is 0 Å². The summed E-state index contributed by atoms with van der Waals surface area (Å²) in [4.78, 5) is 11.4. The van der Waals surface area contributed by atoms with Gasteiger partial charge in [0.15, 0.2) is 0 Å². The third-order valence-corrected chi connectivity index (χ3v) is 2.80. The Balaban J connectivity index is 1.99. The highest BCUT2D eigenvalue weighted by Crippen LogP contribution is 2.27. The first-order valence-corrected chi connectivity index (χ1v) is 6.52. The zero-order valence-electron chi connectivity index (χ0n) is 11.3. The molecule has 0 aromatic rings. The zero-order valence-corrected chi connectivity index (χ0v) is 11.3. The third kappa shape index (κ3) is 8.16. The van der Waals surface area contributed by atoms with E-state index in [1.54, 1.807) is 0 Å². The van der Waals surface area contributed by atoms with Gasteiger partial charge in [-0.2, -0.15) is 0 Å². The topological polar surface area (TPSA) is 61.4 Å². The Morgan fingerprint density at radius 3 is 2.59 bits per heavy atom. The van der Waals surface area contributed by atoms with Gasteiger partial charge in [0.1, 0.15) is 0 Å². The summed E-state index contributed by atoms with van der Waals surface area (Å²) in [6.07, 6.45) is 2.85. The number of carbonyl (C=O) groups excluding carboxylic acids is 1. The highest BCUT2D eigenvalue weighted by Gasteiger charge is 2.21. The Hall–Kier alpha value is -0.610. The summed E-state index contributed by atoms with van der Waals surface area (Å²) in [7, 11) is 0. The van der Waals surface area contributed by atoms with Crippen molar-refractivity contribution >= 4 is 5.91 Å². The average molecular weight is 242 g/mol. The molecule has 0 aromatic heterocycles. The molecule has 1 fully saturated rings. The van der Waals surface area contributed by atoms with Crippen LogP contribution in [0.15, 0.2) is 0 Å². The second-order valence-electron chi connectivity index (χ2n) is 6.30. The molecule has 0 saturated heterocycles. The predicted octanol–water partition coefficient (Wildman–Crippen LogP) is 0.899. The van der Waals surface area contributed by atoms with E-state index in [9.17, 15) is 9.90 Å². The van der Waals surface area contributed by atoms with Crippen LogP contribution < -0.4 is 10.6 Å². The molecule has 1 atom stereocenters. The molecule has 1 aliphatic carbocycles. The molecular weight excluding hydrogens is 216 g/mol. The number of aliphatic hydroxyl groups is 1. The van der Waals surface area contributed by atoms with Crippen molar-refractivity contribution in [3.63, 3.8) is 0 Å². The van der Waals surface area contributed by atoms with Crippen LogP contribution in [0, 0.1) is 11.3 Å². The molecule has 4 heteroatoms. The monoisotopic (exact) mass is 242 g/mol. The molecule has 3 N–H and O–H groups in total. The summed E-state index contributed by atoms with van der Waals surface area (Å²) < 4.78 is 0. The molecule has 0 bridgehead atoms. The number of aliphatic hydroxyl groups excluding tert-OH is 1. The van der Waals surface area contributed by atoms with Gasteiger partial charge in [-0.05, 0) is 30.6 Å². The van der Waals surface area contributed by atoms with Crippen LogP contribution in [0.1, 0.15) is 40.0 Å². The molecule has 0 heterocycles. The number of hydrogen-bond donors (Lipinski definition) is 3. The first-order chi connectivity index (χ1) is 7.87. The molecule has 1 amide bonds. The van der Waals surface area contributed by atoms with E-state index in [0.717, 1.165) is 13.0 Å². The Morgan fingerprint density at radius 2 is 2.06 bits per heavy atom. The van der Waals surface area contributed by atoms with Crippen molar-refractivity contribution in [2.24, 2.45) is 11.3 Å². The van der Waals surface area contributed by atoms with Gasteiger partial charge in [-0.1, -0.05) is 20.8 Å². The van der Waals surface area contributed by atoms with Gasteiger partial charge < -0.3 is 15.7 Å². The molecule has 100 valence electrons. The van der Waals surface area contributed by atoms with Crippen LogP contribution in [-0.4, -0.2) is 36.8 Å². The van der Waals surface area contributed by atoms with Crippen molar-refractivity contribution in [1.82, 2.24) is 10.6 Å². The summed E-state index contributed by atoms with van der Waals surface area (Å²) in [6.45, 7) is 7.88. The second kappa shape index (κ2) is 6.36. The smallest absolute Gasteiger partial charge is 0.233 e. The molecule has 0 aliphatic heterocycles. The van der Waals surface area contributed by atoms with E-state index in [-0.39, 0.29) is 17.4 Å². The van der Waals surface area contributed by atoms with E-state index < -0.39 is 0 Å². The van der Waals surface area contributed by atoms with E-state index in [1.807, 2.05) is 0 Å². The van der Waals surface area contributed by atoms with Crippen LogP contribution in [0.4, 0.5) is 0 Å². The molecule has 1 saturated carbocycles. The fraction of sp³-hybridized carbons (Fsp3) is 0.923. The Morgan fingerprint density at radius 1 is 1.41 bits per heavy atom. The van der Waals surface area contributed by atoms with Crippen molar-refractivity contribution in [3.05, 3.63) is 0 Å². The van der Waals surface area contributed by atoms with Gasteiger partial charge in [0, 0.05) is 13.1 Å². The van der Waals surface area contributed by atoms with Gasteiger partial charge in [0.25, 0.3) is 0 Å². The largest absolute Gasteiger partial charge is 0.392 e. The summed E-state index contributed by atoms with van der Waals surface area (Å²) in [6, 6.07) is 0. The predicted molar refractivity (Wildman–Crippen MR) is 68.7 cm³/mol. The summed E-state index contributed by atoms with van der Waals surface area (Å²) in [5.74, 6) is 0.741. The quantitative estimate of drug-likeness (QED) is 0.621. The zero-order chi connectivity index (χ0) is 12.9. The molecule has 1 unspecified atom stereocenters. The first-order valence-electron chi connectivity index (χ1n) is 6.52. The molecular formula is C13H26N2O2. The lowest BCUT2D eigenvalue weighted by molar-refractivity contribution is -0.120. The van der Waals surface area contributed by atoms with Gasteiger partial charge in [0.05, 0.1) is 12.6 Å². The van der Waals surface area contributed by atoms with Crippen LogP contribution in [-0.2, 0) is 4.79 Å². The molecule has 0 radical (unpaired) electrons. The lowest BCUT2D eigenvalue weighted by Crippen LogP contribution is -2.38. The summed E-state index contributed by atoms with van der Waals surface area (Å²) >= 11 is 0. The minimum absolute atomic E-state index is 0.0276. The number of rotatable bonds is 7. The van der Waals surface area contributed by atoms with E-state index in [0.29, 0.717) is 19.0 Å². The second-order valence-corrected chi connectivity index (χ2v) is 6.30. The molecule has 0 spiro atoms. The van der Waals surface area contributed by atoms with Crippen molar-refractivity contribution in [1.29, 1.82) is 0 Å². The number of carbonyl (C=O) groups is 1. The fourth-order valence-electron chi connectivity index (χ4n) is 1.77. The van der Waals surface area contributed by atoms with Gasteiger partial charge in [-0.3, -0.25) is 4.79 Å². The molecule has 1 rings (SSSR count). The van der Waals surface area contributed by atoms with Gasteiger partial charge in [0.2, 0.25) is 5.91 Å². The maximum absolute atomic E-state index is 11.4. The molecule has 1 aliphatic rings. The number of nitrogens with one attached hydrogen (secondary N) is 2. The maximum atomic E-state index is 11.4. The van der Waals surface area contributed by atoms with Crippen molar-refractivity contribution < 1.29 is 9.90 Å². The van der Waals surface area contributed by atoms with Gasteiger partial charge >= 0.3 is 0 Å². The molecule has 17 heavy (non-hydrogen) atoms. The first kappa shape index (κ1) is 14.5. The fourth-order valence-corrected chi connectivity index (χ4v) is 1.77. The highest BCUT2D eigenvalue weighted by molar-refractivity contribution is 5.77. The van der Waals surface area contributed by atoms with Crippen molar-refractivity contribution in [3.8, 4) is 0 Å². The lowest BCUT2D eigenvalue weighted by Gasteiger charge is -2.22. The van der Waals surface area contributed by atoms with Crippen LogP contribution in [0.5, 0.6) is 0 Å². The SMILES string of the molecule is CC(C)(C)CC(O)CNCC(=O)NCC1CC1. The Kier molecular flexibility index (Phi) is 5.40. The average Bonchev–Trinajstić information content (AvgIpc) is 2.95. The number of hydrogen-bond acceptors (Lipinski definition) is 3. The normalized spacial score (nSPS) is 17.9. The van der Waals surface area contributed by atoms with Gasteiger partial charge in [-0.15, -0.1) is 0 Å². The van der Waals surface area contributed by atoms with Crippen LogP contribution in [0.3, 0.4) is 0 Å². The van der Waals surface area contributed by atoms with E-state index in [1.165, 1.54) is 12.8 Å². The molecule has 4 nitrogen and oxygen atoms in total. The summed E-state index contributed by atoms with van der Waals surface area (Å²) in [5.41, 5.74) is 0.120.